The Balaban J connectivity index is 1.91. The van der Waals surface area contributed by atoms with Gasteiger partial charge in [-0.2, -0.15) is 0 Å². The molecule has 1 saturated heterocycles. The van der Waals surface area contributed by atoms with Gasteiger partial charge in [0, 0.05) is 19.2 Å². The lowest BCUT2D eigenvalue weighted by molar-refractivity contribution is -0.0955. The van der Waals surface area contributed by atoms with Crippen molar-refractivity contribution < 1.29 is 4.74 Å². The summed E-state index contributed by atoms with van der Waals surface area (Å²) in [5.41, 5.74) is 6.23. The van der Waals surface area contributed by atoms with Crippen LogP contribution in [-0.4, -0.2) is 43.3 Å². The van der Waals surface area contributed by atoms with Crippen molar-refractivity contribution in [2.75, 3.05) is 26.7 Å². The molecule has 0 atom stereocenters. The fraction of sp³-hybridized carbons (Fsp3) is 1.00. The van der Waals surface area contributed by atoms with E-state index >= 15 is 0 Å². The molecule has 0 radical (unpaired) electrons. The van der Waals surface area contributed by atoms with Crippen LogP contribution in [0.1, 0.15) is 32.6 Å². The van der Waals surface area contributed by atoms with Gasteiger partial charge in [0.25, 0.3) is 0 Å². The molecule has 0 aromatic rings. The van der Waals surface area contributed by atoms with Gasteiger partial charge in [-0.05, 0) is 44.7 Å². The van der Waals surface area contributed by atoms with Crippen molar-refractivity contribution in [3.8, 4) is 0 Å². The first-order valence-electron chi connectivity index (χ1n) is 6.18. The van der Waals surface area contributed by atoms with Crippen LogP contribution in [0.5, 0.6) is 0 Å². The molecule has 1 aliphatic heterocycles. The summed E-state index contributed by atoms with van der Waals surface area (Å²) >= 11 is 0. The molecule has 15 heavy (non-hydrogen) atoms. The first kappa shape index (κ1) is 11.4. The smallest absolute Gasteiger partial charge is 0.0607 e. The van der Waals surface area contributed by atoms with Crippen molar-refractivity contribution in [1.82, 2.24) is 4.90 Å². The Kier molecular flexibility index (Phi) is 3.33. The third kappa shape index (κ3) is 2.05. The molecule has 0 aromatic heterocycles. The molecule has 0 unspecified atom stereocenters. The molecule has 1 saturated carbocycles. The van der Waals surface area contributed by atoms with Crippen LogP contribution in [0.25, 0.3) is 0 Å². The van der Waals surface area contributed by atoms with Crippen molar-refractivity contribution >= 4 is 0 Å². The number of ether oxygens (including phenoxy) is 1. The van der Waals surface area contributed by atoms with Gasteiger partial charge in [-0.1, -0.05) is 6.92 Å². The second-order valence-electron chi connectivity index (χ2n) is 5.36. The zero-order valence-electron chi connectivity index (χ0n) is 10.0. The lowest BCUT2D eigenvalue weighted by Crippen LogP contribution is -2.65. The maximum absolute atomic E-state index is 5.95. The van der Waals surface area contributed by atoms with Gasteiger partial charge in [0.05, 0.1) is 6.10 Å². The number of rotatable bonds is 3. The third-order valence-electron chi connectivity index (χ3n) is 4.38. The van der Waals surface area contributed by atoms with Gasteiger partial charge in [-0.3, -0.25) is 4.90 Å². The number of nitrogens with two attached hydrogens (primary N) is 1. The summed E-state index contributed by atoms with van der Waals surface area (Å²) in [5, 5.41) is 0. The van der Waals surface area contributed by atoms with E-state index in [1.54, 1.807) is 0 Å². The zero-order chi connectivity index (χ0) is 10.9. The molecular weight excluding hydrogens is 188 g/mol. The monoisotopic (exact) mass is 212 g/mol. The molecule has 0 aromatic carbocycles. The van der Waals surface area contributed by atoms with E-state index in [0.29, 0.717) is 6.10 Å². The molecule has 88 valence electrons. The largest absolute Gasteiger partial charge is 0.381 e. The first-order valence-corrected chi connectivity index (χ1v) is 6.18. The third-order valence-corrected chi connectivity index (χ3v) is 4.38. The van der Waals surface area contributed by atoms with Gasteiger partial charge in [-0.25, -0.2) is 0 Å². The Morgan fingerprint density at radius 1 is 1.33 bits per heavy atom. The second-order valence-corrected chi connectivity index (χ2v) is 5.36. The fourth-order valence-corrected chi connectivity index (χ4v) is 2.99. The first-order chi connectivity index (χ1) is 7.20. The predicted octanol–water partition coefficient (Wildman–Crippen LogP) is 1.22. The Labute approximate surface area is 93.0 Å². The molecular formula is C12H24N2O. The average Bonchev–Trinajstić information content (AvgIpc) is 2.20. The van der Waals surface area contributed by atoms with Crippen molar-refractivity contribution in [3.05, 3.63) is 0 Å². The predicted molar refractivity (Wildman–Crippen MR) is 61.8 cm³/mol. The van der Waals surface area contributed by atoms with Crippen LogP contribution in [0, 0.1) is 5.92 Å². The summed E-state index contributed by atoms with van der Waals surface area (Å²) in [7, 11) is 1.81. The van der Waals surface area contributed by atoms with Gasteiger partial charge in [0.1, 0.15) is 0 Å². The summed E-state index contributed by atoms with van der Waals surface area (Å²) in [4.78, 5) is 2.61. The number of methoxy groups -OCH3 is 1. The molecule has 0 bridgehead atoms. The molecule has 3 nitrogen and oxygen atoms in total. The SMILES string of the molecule is COC1CC(CN)(N2CCC(C)CC2)C1. The highest BCUT2D eigenvalue weighted by atomic mass is 16.5. The van der Waals surface area contributed by atoms with Crippen LogP contribution >= 0.6 is 0 Å². The topological polar surface area (TPSA) is 38.5 Å². The van der Waals surface area contributed by atoms with Gasteiger partial charge in [0.15, 0.2) is 0 Å². The van der Waals surface area contributed by atoms with E-state index in [1.807, 2.05) is 7.11 Å². The molecule has 1 aliphatic carbocycles. The minimum absolute atomic E-state index is 0.279. The highest BCUT2D eigenvalue weighted by Crippen LogP contribution is 2.40. The minimum Gasteiger partial charge on any atom is -0.381 e. The molecule has 0 amide bonds. The van der Waals surface area contributed by atoms with Crippen LogP contribution in [0.3, 0.4) is 0 Å². The molecule has 2 fully saturated rings. The van der Waals surface area contributed by atoms with Crippen molar-refractivity contribution in [3.63, 3.8) is 0 Å². The quantitative estimate of drug-likeness (QED) is 0.764. The minimum atomic E-state index is 0.279. The van der Waals surface area contributed by atoms with Crippen molar-refractivity contribution in [2.24, 2.45) is 11.7 Å². The average molecular weight is 212 g/mol. The molecule has 0 spiro atoms. The number of nitrogens with zero attached hydrogens (tertiary/aromatic N) is 1. The summed E-state index contributed by atoms with van der Waals surface area (Å²) in [5.74, 6) is 0.898. The Morgan fingerprint density at radius 2 is 1.93 bits per heavy atom. The fourth-order valence-electron chi connectivity index (χ4n) is 2.99. The van der Waals surface area contributed by atoms with Crippen molar-refractivity contribution in [2.45, 2.75) is 44.2 Å². The van der Waals surface area contributed by atoms with Gasteiger partial charge in [-0.15, -0.1) is 0 Å². The van der Waals surface area contributed by atoms with E-state index in [4.69, 9.17) is 10.5 Å². The van der Waals surface area contributed by atoms with E-state index in [9.17, 15) is 0 Å². The summed E-state index contributed by atoms with van der Waals surface area (Å²) < 4.78 is 5.37. The highest BCUT2D eigenvalue weighted by molar-refractivity contribution is 5.05. The molecule has 2 rings (SSSR count). The number of hydrogen-bond acceptors (Lipinski definition) is 3. The molecule has 2 N–H and O–H groups in total. The van der Waals surface area contributed by atoms with Crippen molar-refractivity contribution in [1.29, 1.82) is 0 Å². The summed E-state index contributed by atoms with van der Waals surface area (Å²) in [6.45, 7) is 5.61. The van der Waals surface area contributed by atoms with E-state index in [-0.39, 0.29) is 5.54 Å². The molecule has 1 heterocycles. The van der Waals surface area contributed by atoms with E-state index in [2.05, 4.69) is 11.8 Å². The van der Waals surface area contributed by atoms with Gasteiger partial charge < -0.3 is 10.5 Å². The lowest BCUT2D eigenvalue weighted by Gasteiger charge is -2.55. The van der Waals surface area contributed by atoms with Gasteiger partial charge in [0.2, 0.25) is 0 Å². The summed E-state index contributed by atoms with van der Waals surface area (Å²) in [6.07, 6.45) is 5.38. The highest BCUT2D eigenvalue weighted by Gasteiger charge is 2.48. The maximum Gasteiger partial charge on any atom is 0.0607 e. The Hall–Kier alpha value is -0.120. The van der Waals surface area contributed by atoms with Crippen LogP contribution in [0.2, 0.25) is 0 Å². The Bertz CT molecular complexity index is 206. The molecule has 3 heteroatoms. The molecule has 2 aliphatic rings. The van der Waals surface area contributed by atoms with E-state index in [1.165, 1.54) is 25.9 Å². The van der Waals surface area contributed by atoms with E-state index < -0.39 is 0 Å². The number of hydrogen-bond donors (Lipinski definition) is 1. The normalized spacial score (nSPS) is 39.0. The van der Waals surface area contributed by atoms with Crippen LogP contribution in [0.4, 0.5) is 0 Å². The van der Waals surface area contributed by atoms with Gasteiger partial charge >= 0.3 is 0 Å². The Morgan fingerprint density at radius 3 is 2.40 bits per heavy atom. The lowest BCUT2D eigenvalue weighted by atomic mass is 9.71. The van der Waals surface area contributed by atoms with Crippen LogP contribution in [0.15, 0.2) is 0 Å². The zero-order valence-corrected chi connectivity index (χ0v) is 10.0. The van der Waals surface area contributed by atoms with E-state index in [0.717, 1.165) is 25.3 Å². The summed E-state index contributed by atoms with van der Waals surface area (Å²) in [6, 6.07) is 0. The number of likely N-dealkylation sites (tertiary alicyclic amines) is 1. The standard InChI is InChI=1S/C12H24N2O/c1-10-3-5-14(6-4-10)12(9-13)7-11(8-12)15-2/h10-11H,3-9,13H2,1-2H3. The van der Waals surface area contributed by atoms with Crippen LogP contribution in [-0.2, 0) is 4.74 Å². The van der Waals surface area contributed by atoms with Crippen LogP contribution < -0.4 is 5.73 Å². The number of piperidine rings is 1. The second kappa shape index (κ2) is 4.40. The maximum atomic E-state index is 5.95.